The normalized spacial score (nSPS) is 10.1. The van der Waals surface area contributed by atoms with Crippen LogP contribution in [0.5, 0.6) is 0 Å². The van der Waals surface area contributed by atoms with Crippen molar-refractivity contribution < 1.29 is 14.7 Å². The third kappa shape index (κ3) is 3.35. The number of amides is 1. The van der Waals surface area contributed by atoms with Gasteiger partial charge in [0, 0.05) is 6.54 Å². The highest BCUT2D eigenvalue weighted by Gasteiger charge is 2.11. The van der Waals surface area contributed by atoms with E-state index in [4.69, 9.17) is 5.11 Å². The number of aromatic nitrogens is 4. The zero-order valence-electron chi connectivity index (χ0n) is 9.83. The van der Waals surface area contributed by atoms with Gasteiger partial charge in [-0.3, -0.25) is 9.59 Å². The number of rotatable bonds is 5. The van der Waals surface area contributed by atoms with Gasteiger partial charge in [0.05, 0.1) is 6.42 Å². The molecule has 1 amide bonds. The maximum Gasteiger partial charge on any atom is 0.307 e. The van der Waals surface area contributed by atoms with E-state index < -0.39 is 11.9 Å². The second-order valence-corrected chi connectivity index (χ2v) is 3.76. The number of aromatic amines is 1. The van der Waals surface area contributed by atoms with Gasteiger partial charge in [0.25, 0.3) is 11.7 Å². The number of nitrogens with zero attached hydrogens (tertiary/aromatic N) is 3. The van der Waals surface area contributed by atoms with E-state index in [1.807, 2.05) is 0 Å². The Labute approximate surface area is 107 Å². The highest BCUT2D eigenvalue weighted by Crippen LogP contribution is 2.09. The van der Waals surface area contributed by atoms with Crippen LogP contribution >= 0.6 is 0 Å². The molecule has 98 valence electrons. The van der Waals surface area contributed by atoms with Crippen LogP contribution in [0.15, 0.2) is 24.3 Å². The van der Waals surface area contributed by atoms with Gasteiger partial charge in [0.2, 0.25) is 0 Å². The minimum atomic E-state index is -0.919. The van der Waals surface area contributed by atoms with Gasteiger partial charge in [0.15, 0.2) is 0 Å². The van der Waals surface area contributed by atoms with Gasteiger partial charge in [-0.15, -0.1) is 10.2 Å². The third-order valence-corrected chi connectivity index (χ3v) is 2.45. The summed E-state index contributed by atoms with van der Waals surface area (Å²) in [6.07, 6.45) is -0.0890. The van der Waals surface area contributed by atoms with Crippen molar-refractivity contribution in [2.24, 2.45) is 0 Å². The molecule has 0 unspecified atom stereocenters. The molecule has 0 aliphatic heterocycles. The van der Waals surface area contributed by atoms with E-state index in [9.17, 15) is 9.59 Å². The van der Waals surface area contributed by atoms with Crippen LogP contribution in [0.2, 0.25) is 0 Å². The Kier molecular flexibility index (Phi) is 3.81. The Morgan fingerprint density at radius 1 is 1.26 bits per heavy atom. The number of hydrogen-bond acceptors (Lipinski definition) is 5. The molecule has 0 atom stereocenters. The third-order valence-electron chi connectivity index (χ3n) is 2.45. The lowest BCUT2D eigenvalue weighted by molar-refractivity contribution is -0.136. The standard InChI is InChI=1S/C11H11N5O3/c17-9(18)5-7-3-1-2-4-8(7)6-12-11(19)10-13-15-16-14-10/h1-4H,5-6H2,(H,12,19)(H,17,18)(H,13,14,15,16). The minimum absolute atomic E-state index is 0.0595. The van der Waals surface area contributed by atoms with Crippen molar-refractivity contribution in [3.63, 3.8) is 0 Å². The van der Waals surface area contributed by atoms with Gasteiger partial charge in [-0.05, 0) is 16.3 Å². The van der Waals surface area contributed by atoms with E-state index >= 15 is 0 Å². The minimum Gasteiger partial charge on any atom is -0.481 e. The smallest absolute Gasteiger partial charge is 0.307 e. The van der Waals surface area contributed by atoms with E-state index in [2.05, 4.69) is 25.9 Å². The van der Waals surface area contributed by atoms with Gasteiger partial charge in [-0.25, -0.2) is 0 Å². The van der Waals surface area contributed by atoms with E-state index in [0.717, 1.165) is 5.56 Å². The highest BCUT2D eigenvalue weighted by atomic mass is 16.4. The maximum atomic E-state index is 11.6. The number of hydrogen-bond donors (Lipinski definition) is 3. The Morgan fingerprint density at radius 2 is 2.00 bits per heavy atom. The topological polar surface area (TPSA) is 121 Å². The predicted molar refractivity (Wildman–Crippen MR) is 63.1 cm³/mol. The number of carboxylic acids is 1. The first kappa shape index (κ1) is 12.7. The fourth-order valence-electron chi connectivity index (χ4n) is 1.58. The van der Waals surface area contributed by atoms with Gasteiger partial charge in [0.1, 0.15) is 0 Å². The van der Waals surface area contributed by atoms with E-state index in [1.54, 1.807) is 24.3 Å². The summed E-state index contributed by atoms with van der Waals surface area (Å²) in [7, 11) is 0. The molecule has 0 bridgehead atoms. The largest absolute Gasteiger partial charge is 0.481 e. The molecule has 0 saturated heterocycles. The molecule has 1 heterocycles. The van der Waals surface area contributed by atoms with Crippen LogP contribution in [0.4, 0.5) is 0 Å². The average Bonchev–Trinajstić information content (AvgIpc) is 2.90. The fourth-order valence-corrected chi connectivity index (χ4v) is 1.58. The molecule has 1 aromatic heterocycles. The highest BCUT2D eigenvalue weighted by molar-refractivity contribution is 5.90. The molecule has 8 nitrogen and oxygen atoms in total. The summed E-state index contributed by atoms with van der Waals surface area (Å²) in [4.78, 5) is 22.3. The van der Waals surface area contributed by atoms with Gasteiger partial charge in [-0.1, -0.05) is 24.3 Å². The summed E-state index contributed by atoms with van der Waals surface area (Å²) in [5.41, 5.74) is 1.39. The summed E-state index contributed by atoms with van der Waals surface area (Å²) < 4.78 is 0. The lowest BCUT2D eigenvalue weighted by atomic mass is 10.0. The zero-order chi connectivity index (χ0) is 13.7. The molecule has 8 heteroatoms. The number of tetrazole rings is 1. The molecule has 2 rings (SSSR count). The van der Waals surface area contributed by atoms with E-state index in [1.165, 1.54) is 0 Å². The van der Waals surface area contributed by atoms with Crippen molar-refractivity contribution >= 4 is 11.9 Å². The lowest BCUT2D eigenvalue weighted by Gasteiger charge is -2.07. The van der Waals surface area contributed by atoms with Gasteiger partial charge < -0.3 is 10.4 Å². The van der Waals surface area contributed by atoms with Gasteiger partial charge in [-0.2, -0.15) is 5.21 Å². The number of H-pyrrole nitrogens is 1. The summed E-state index contributed by atoms with van der Waals surface area (Å²) in [5, 5.41) is 23.9. The Hall–Kier alpha value is -2.77. The number of carbonyl (C=O) groups excluding carboxylic acids is 1. The first-order valence-electron chi connectivity index (χ1n) is 5.47. The van der Waals surface area contributed by atoms with Crippen molar-refractivity contribution in [3.05, 3.63) is 41.2 Å². The Bertz CT molecular complexity index is 582. The molecular formula is C11H11N5O3. The van der Waals surface area contributed by atoms with E-state index in [0.29, 0.717) is 5.56 Å². The molecule has 1 aromatic carbocycles. The SMILES string of the molecule is O=C(O)Cc1ccccc1CNC(=O)c1nn[nH]n1. The van der Waals surface area contributed by atoms with Crippen LogP contribution in [0, 0.1) is 0 Å². The maximum absolute atomic E-state index is 11.6. The summed E-state index contributed by atoms with van der Waals surface area (Å²) in [5.74, 6) is -1.45. The molecule has 0 saturated carbocycles. The molecule has 0 aliphatic rings. The van der Waals surface area contributed by atoms with Crippen molar-refractivity contribution in [1.29, 1.82) is 0 Å². The summed E-state index contributed by atoms with van der Waals surface area (Å²) in [6.45, 7) is 0.205. The fraction of sp³-hybridized carbons (Fsp3) is 0.182. The molecule has 0 spiro atoms. The predicted octanol–water partition coefficient (Wildman–Crippen LogP) is -0.243. The van der Waals surface area contributed by atoms with Crippen LogP contribution in [0.3, 0.4) is 0 Å². The molecular weight excluding hydrogens is 250 g/mol. The van der Waals surface area contributed by atoms with Crippen molar-refractivity contribution in [2.45, 2.75) is 13.0 Å². The van der Waals surface area contributed by atoms with Crippen LogP contribution < -0.4 is 5.32 Å². The molecule has 0 radical (unpaired) electrons. The van der Waals surface area contributed by atoms with Gasteiger partial charge >= 0.3 is 5.97 Å². The molecule has 19 heavy (non-hydrogen) atoms. The van der Waals surface area contributed by atoms with E-state index in [-0.39, 0.29) is 18.8 Å². The van der Waals surface area contributed by atoms with Crippen molar-refractivity contribution in [2.75, 3.05) is 0 Å². The second kappa shape index (κ2) is 5.71. The van der Waals surface area contributed by atoms with Crippen molar-refractivity contribution in [1.82, 2.24) is 25.9 Å². The first-order chi connectivity index (χ1) is 9.16. The lowest BCUT2D eigenvalue weighted by Crippen LogP contribution is -2.24. The van der Waals surface area contributed by atoms with Crippen LogP contribution in [-0.4, -0.2) is 37.6 Å². The molecule has 3 N–H and O–H groups in total. The zero-order valence-corrected chi connectivity index (χ0v) is 9.83. The number of aliphatic carboxylic acids is 1. The van der Waals surface area contributed by atoms with Crippen LogP contribution in [0.25, 0.3) is 0 Å². The number of carbonyl (C=O) groups is 2. The molecule has 2 aromatic rings. The first-order valence-corrected chi connectivity index (χ1v) is 5.47. The van der Waals surface area contributed by atoms with Crippen molar-refractivity contribution in [3.8, 4) is 0 Å². The summed E-state index contributed by atoms with van der Waals surface area (Å²) in [6, 6.07) is 7.00. The monoisotopic (exact) mass is 261 g/mol. The Morgan fingerprint density at radius 3 is 2.63 bits per heavy atom. The number of benzene rings is 1. The number of carboxylic acid groups (broad SMARTS) is 1. The molecule has 0 fully saturated rings. The summed E-state index contributed by atoms with van der Waals surface area (Å²) >= 11 is 0. The molecule has 0 aliphatic carbocycles. The van der Waals surface area contributed by atoms with Crippen LogP contribution in [-0.2, 0) is 17.8 Å². The quantitative estimate of drug-likeness (QED) is 0.682. The second-order valence-electron chi connectivity index (χ2n) is 3.76. The average molecular weight is 261 g/mol. The Balaban J connectivity index is 2.03. The number of nitrogens with one attached hydrogen (secondary N) is 2. The van der Waals surface area contributed by atoms with Crippen LogP contribution in [0.1, 0.15) is 21.7 Å².